The molecule has 2 heteroatoms. The van der Waals surface area contributed by atoms with Crippen LogP contribution in [0.25, 0.3) is 0 Å². The largest absolute Gasteiger partial charge is 0.377 e. The Kier molecular flexibility index (Phi) is 6.50. The van der Waals surface area contributed by atoms with Gasteiger partial charge in [0.05, 0.1) is 6.10 Å². The van der Waals surface area contributed by atoms with E-state index in [9.17, 15) is 0 Å². The van der Waals surface area contributed by atoms with Crippen LogP contribution in [0.3, 0.4) is 0 Å². The molecule has 2 atom stereocenters. The van der Waals surface area contributed by atoms with Crippen molar-refractivity contribution in [3.8, 4) is 0 Å². The van der Waals surface area contributed by atoms with Crippen molar-refractivity contribution in [3.63, 3.8) is 0 Å². The Hall–Kier alpha value is -0.0800. The number of nitrogens with two attached hydrogens (primary N) is 1. The van der Waals surface area contributed by atoms with Gasteiger partial charge in [-0.05, 0) is 24.7 Å². The maximum Gasteiger partial charge on any atom is 0.0731 e. The highest BCUT2D eigenvalue weighted by Gasteiger charge is 2.36. The molecule has 0 spiro atoms. The molecule has 2 nitrogen and oxygen atoms in total. The second kappa shape index (κ2) is 7.38. The Morgan fingerprint density at radius 1 is 1.18 bits per heavy atom. The molecule has 0 aliphatic heterocycles. The first-order valence-electron chi connectivity index (χ1n) is 7.45. The molecule has 0 bridgehead atoms. The third-order valence-electron chi connectivity index (χ3n) is 4.19. The fourth-order valence-corrected chi connectivity index (χ4v) is 2.74. The van der Waals surface area contributed by atoms with Crippen LogP contribution in [0.4, 0.5) is 0 Å². The molecule has 1 rings (SSSR count). The maximum atomic E-state index is 6.29. The van der Waals surface area contributed by atoms with E-state index in [2.05, 4.69) is 20.8 Å². The molecule has 1 saturated carbocycles. The van der Waals surface area contributed by atoms with Gasteiger partial charge in [0.1, 0.15) is 0 Å². The van der Waals surface area contributed by atoms with Crippen LogP contribution in [0.15, 0.2) is 0 Å². The second-order valence-electron chi connectivity index (χ2n) is 6.23. The lowest BCUT2D eigenvalue weighted by atomic mass is 9.72. The smallest absolute Gasteiger partial charge is 0.0731 e. The molecular weight excluding hydrogens is 210 g/mol. The van der Waals surface area contributed by atoms with Gasteiger partial charge in [-0.1, -0.05) is 52.9 Å². The molecule has 0 aromatic heterocycles. The zero-order chi connectivity index (χ0) is 12.7. The minimum Gasteiger partial charge on any atom is -0.377 e. The molecule has 0 saturated heterocycles. The minimum absolute atomic E-state index is 0.215. The van der Waals surface area contributed by atoms with Gasteiger partial charge in [-0.2, -0.15) is 0 Å². The first-order chi connectivity index (χ1) is 8.08. The van der Waals surface area contributed by atoms with E-state index < -0.39 is 0 Å². The first-order valence-corrected chi connectivity index (χ1v) is 7.45. The number of ether oxygens (including phenoxy) is 1. The Balaban J connectivity index is 2.14. The number of unbranched alkanes of at least 4 members (excludes halogenated alkanes) is 4. The summed E-state index contributed by atoms with van der Waals surface area (Å²) in [5, 5.41) is 0. The monoisotopic (exact) mass is 241 g/mol. The van der Waals surface area contributed by atoms with Crippen molar-refractivity contribution in [3.05, 3.63) is 0 Å². The van der Waals surface area contributed by atoms with Crippen LogP contribution in [0.5, 0.6) is 0 Å². The molecule has 0 radical (unpaired) electrons. The summed E-state index contributed by atoms with van der Waals surface area (Å²) in [6, 6.07) is 0.215. The standard InChI is InChI=1S/C15H31NO/c1-4-5-6-7-8-12-17-13-10-9-11-15(2,3)14(13)16/h13-14H,4-12,16H2,1-3H3. The van der Waals surface area contributed by atoms with Gasteiger partial charge in [-0.3, -0.25) is 0 Å². The van der Waals surface area contributed by atoms with Crippen LogP contribution in [-0.4, -0.2) is 18.8 Å². The SMILES string of the molecule is CCCCCCCOC1CCCC(C)(C)C1N. The third kappa shape index (κ3) is 4.97. The summed E-state index contributed by atoms with van der Waals surface area (Å²) in [5.41, 5.74) is 6.55. The van der Waals surface area contributed by atoms with E-state index in [0.29, 0.717) is 6.10 Å². The average molecular weight is 241 g/mol. The van der Waals surface area contributed by atoms with Gasteiger partial charge < -0.3 is 10.5 Å². The summed E-state index contributed by atoms with van der Waals surface area (Å²) in [4.78, 5) is 0. The van der Waals surface area contributed by atoms with Crippen molar-refractivity contribution in [1.82, 2.24) is 0 Å². The van der Waals surface area contributed by atoms with Crippen LogP contribution >= 0.6 is 0 Å². The highest BCUT2D eigenvalue weighted by Crippen LogP contribution is 2.35. The Morgan fingerprint density at radius 3 is 2.59 bits per heavy atom. The molecule has 2 unspecified atom stereocenters. The van der Waals surface area contributed by atoms with Crippen molar-refractivity contribution in [1.29, 1.82) is 0 Å². The lowest BCUT2D eigenvalue weighted by Gasteiger charge is -2.41. The molecule has 1 aliphatic carbocycles. The normalized spacial score (nSPS) is 28.2. The van der Waals surface area contributed by atoms with Crippen molar-refractivity contribution < 1.29 is 4.74 Å². The van der Waals surface area contributed by atoms with Crippen LogP contribution in [0.2, 0.25) is 0 Å². The fraction of sp³-hybridized carbons (Fsp3) is 1.00. The lowest BCUT2D eigenvalue weighted by molar-refractivity contribution is -0.0255. The highest BCUT2D eigenvalue weighted by atomic mass is 16.5. The van der Waals surface area contributed by atoms with Crippen molar-refractivity contribution in [2.75, 3.05) is 6.61 Å². The first kappa shape index (κ1) is 15.0. The van der Waals surface area contributed by atoms with Crippen LogP contribution in [0.1, 0.15) is 72.1 Å². The van der Waals surface area contributed by atoms with E-state index in [4.69, 9.17) is 10.5 Å². The van der Waals surface area contributed by atoms with Crippen molar-refractivity contribution in [2.24, 2.45) is 11.1 Å². The lowest BCUT2D eigenvalue weighted by Crippen LogP contribution is -2.50. The highest BCUT2D eigenvalue weighted by molar-refractivity contribution is 4.92. The van der Waals surface area contributed by atoms with Gasteiger partial charge in [0.2, 0.25) is 0 Å². The second-order valence-corrected chi connectivity index (χ2v) is 6.23. The maximum absolute atomic E-state index is 6.29. The quantitative estimate of drug-likeness (QED) is 0.687. The minimum atomic E-state index is 0.215. The van der Waals surface area contributed by atoms with Crippen molar-refractivity contribution in [2.45, 2.75) is 84.3 Å². The van der Waals surface area contributed by atoms with E-state index in [0.717, 1.165) is 13.0 Å². The summed E-state index contributed by atoms with van der Waals surface area (Å²) in [5.74, 6) is 0. The van der Waals surface area contributed by atoms with E-state index in [1.54, 1.807) is 0 Å². The van der Waals surface area contributed by atoms with E-state index >= 15 is 0 Å². The molecule has 0 aromatic carbocycles. The van der Waals surface area contributed by atoms with E-state index in [1.807, 2.05) is 0 Å². The van der Waals surface area contributed by atoms with Gasteiger partial charge >= 0.3 is 0 Å². The Bertz CT molecular complexity index is 203. The predicted molar refractivity (Wildman–Crippen MR) is 74.1 cm³/mol. The molecule has 1 aliphatic rings. The van der Waals surface area contributed by atoms with Gasteiger partial charge in [0, 0.05) is 12.6 Å². The third-order valence-corrected chi connectivity index (χ3v) is 4.19. The molecule has 102 valence electrons. The molecule has 0 heterocycles. The number of hydrogen-bond donors (Lipinski definition) is 1. The zero-order valence-electron chi connectivity index (χ0n) is 12.0. The number of hydrogen-bond acceptors (Lipinski definition) is 2. The van der Waals surface area contributed by atoms with E-state index in [-0.39, 0.29) is 11.5 Å². The summed E-state index contributed by atoms with van der Waals surface area (Å²) in [7, 11) is 0. The summed E-state index contributed by atoms with van der Waals surface area (Å²) in [6.45, 7) is 7.70. The summed E-state index contributed by atoms with van der Waals surface area (Å²) < 4.78 is 5.99. The fourth-order valence-electron chi connectivity index (χ4n) is 2.74. The summed E-state index contributed by atoms with van der Waals surface area (Å²) >= 11 is 0. The average Bonchev–Trinajstić information content (AvgIpc) is 2.29. The molecule has 17 heavy (non-hydrogen) atoms. The topological polar surface area (TPSA) is 35.2 Å². The van der Waals surface area contributed by atoms with Crippen LogP contribution in [0, 0.1) is 5.41 Å². The van der Waals surface area contributed by atoms with Gasteiger partial charge in [-0.25, -0.2) is 0 Å². The zero-order valence-corrected chi connectivity index (χ0v) is 12.0. The summed E-state index contributed by atoms with van der Waals surface area (Å²) in [6.07, 6.45) is 10.5. The van der Waals surface area contributed by atoms with Crippen LogP contribution in [-0.2, 0) is 4.74 Å². The van der Waals surface area contributed by atoms with Gasteiger partial charge in [-0.15, -0.1) is 0 Å². The van der Waals surface area contributed by atoms with Gasteiger partial charge in [0.25, 0.3) is 0 Å². The molecule has 0 amide bonds. The Labute approximate surface area is 107 Å². The molecule has 2 N–H and O–H groups in total. The molecule has 0 aromatic rings. The Morgan fingerprint density at radius 2 is 1.88 bits per heavy atom. The van der Waals surface area contributed by atoms with E-state index in [1.165, 1.54) is 44.9 Å². The molecular formula is C15H31NO. The number of rotatable bonds is 7. The van der Waals surface area contributed by atoms with Crippen LogP contribution < -0.4 is 5.73 Å². The van der Waals surface area contributed by atoms with Gasteiger partial charge in [0.15, 0.2) is 0 Å². The van der Waals surface area contributed by atoms with Crippen molar-refractivity contribution >= 4 is 0 Å². The predicted octanol–water partition coefficient (Wildman–Crippen LogP) is 3.88. The molecule has 1 fully saturated rings.